The van der Waals surface area contributed by atoms with Crippen LogP contribution in [-0.2, 0) is 4.79 Å². The van der Waals surface area contributed by atoms with Crippen molar-refractivity contribution in [3.63, 3.8) is 0 Å². The van der Waals surface area contributed by atoms with Crippen molar-refractivity contribution in [3.8, 4) is 0 Å². The Bertz CT molecular complexity index is 119. The number of nitrogens with two attached hydrogens (primary N) is 1. The second-order valence-corrected chi connectivity index (χ2v) is 2.83. The van der Waals surface area contributed by atoms with E-state index in [1.54, 1.807) is 0 Å². The monoisotopic (exact) mass is 175 g/mol. The molecule has 1 amide bonds. The van der Waals surface area contributed by atoms with Crippen molar-refractivity contribution >= 4 is 5.91 Å². The van der Waals surface area contributed by atoms with Crippen molar-refractivity contribution in [2.24, 2.45) is 11.7 Å². The maximum Gasteiger partial charge on any atom is 0.220 e. The van der Waals surface area contributed by atoms with Gasteiger partial charge in [-0.2, -0.15) is 0 Å². The molecule has 12 heavy (non-hydrogen) atoms. The Kier molecular flexibility index (Phi) is 6.70. The molecule has 0 aromatic carbocycles. The third-order valence-corrected chi connectivity index (χ3v) is 1.82. The van der Waals surface area contributed by atoms with Crippen molar-refractivity contribution in [3.05, 3.63) is 0 Å². The Morgan fingerprint density at radius 3 is 1.83 bits per heavy atom. The van der Waals surface area contributed by atoms with Crippen LogP contribution in [0, 0.1) is 5.92 Å². The average molecular weight is 175 g/mol. The summed E-state index contributed by atoms with van der Waals surface area (Å²) in [7, 11) is 0. The molecule has 0 saturated carbocycles. The van der Waals surface area contributed by atoms with E-state index in [2.05, 4.69) is 0 Å². The highest BCUT2D eigenvalue weighted by molar-refractivity contribution is 5.76. The van der Waals surface area contributed by atoms with Crippen LogP contribution in [0.1, 0.15) is 25.7 Å². The molecule has 0 atom stereocenters. The second-order valence-electron chi connectivity index (χ2n) is 2.83. The van der Waals surface area contributed by atoms with E-state index >= 15 is 0 Å². The average Bonchev–Trinajstić information content (AvgIpc) is 2.04. The molecule has 0 heterocycles. The van der Waals surface area contributed by atoms with Gasteiger partial charge in [0.1, 0.15) is 0 Å². The Hall–Kier alpha value is -0.610. The number of rotatable bonds is 7. The minimum absolute atomic E-state index is 0.0862. The molecule has 0 rings (SSSR count). The molecule has 0 aromatic rings. The van der Waals surface area contributed by atoms with E-state index < -0.39 is 0 Å². The Morgan fingerprint density at radius 1 is 1.17 bits per heavy atom. The van der Waals surface area contributed by atoms with Crippen LogP contribution in [0.5, 0.6) is 0 Å². The highest BCUT2D eigenvalue weighted by Gasteiger charge is 2.13. The van der Waals surface area contributed by atoms with Gasteiger partial charge in [-0.25, -0.2) is 0 Å². The van der Waals surface area contributed by atoms with Crippen molar-refractivity contribution in [2.45, 2.75) is 25.7 Å². The molecular formula is C8H17NO3. The van der Waals surface area contributed by atoms with Crippen molar-refractivity contribution < 1.29 is 15.0 Å². The third kappa shape index (κ3) is 5.09. The Balaban J connectivity index is 3.62. The summed E-state index contributed by atoms with van der Waals surface area (Å²) < 4.78 is 0. The van der Waals surface area contributed by atoms with Crippen LogP contribution in [-0.4, -0.2) is 29.3 Å². The largest absolute Gasteiger partial charge is 0.396 e. The van der Waals surface area contributed by atoms with Gasteiger partial charge in [0.15, 0.2) is 0 Å². The molecule has 4 N–H and O–H groups in total. The number of aliphatic hydroxyl groups excluding tert-OH is 2. The summed E-state index contributed by atoms with van der Waals surface area (Å²) in [5, 5.41) is 17.0. The molecule has 0 bridgehead atoms. The summed E-state index contributed by atoms with van der Waals surface area (Å²) in [5.74, 6) is -0.527. The van der Waals surface area contributed by atoms with Gasteiger partial charge in [0.2, 0.25) is 5.91 Å². The van der Waals surface area contributed by atoms with Crippen LogP contribution < -0.4 is 5.73 Å². The highest BCUT2D eigenvalue weighted by Crippen LogP contribution is 2.12. The summed E-state index contributed by atoms with van der Waals surface area (Å²) >= 11 is 0. The lowest BCUT2D eigenvalue weighted by Crippen LogP contribution is -2.23. The van der Waals surface area contributed by atoms with E-state index in [4.69, 9.17) is 15.9 Å². The number of hydrogen-bond donors (Lipinski definition) is 3. The quantitative estimate of drug-likeness (QED) is 0.493. The second kappa shape index (κ2) is 7.06. The molecule has 0 aliphatic heterocycles. The van der Waals surface area contributed by atoms with Gasteiger partial charge < -0.3 is 15.9 Å². The van der Waals surface area contributed by atoms with E-state index in [9.17, 15) is 4.79 Å². The summed E-state index contributed by atoms with van der Waals surface area (Å²) in [6.07, 6.45) is 2.43. The number of aliphatic hydroxyl groups is 2. The van der Waals surface area contributed by atoms with E-state index in [0.717, 1.165) is 0 Å². The van der Waals surface area contributed by atoms with Gasteiger partial charge in [-0.1, -0.05) is 0 Å². The molecular weight excluding hydrogens is 158 g/mol. The zero-order valence-electron chi connectivity index (χ0n) is 7.20. The summed E-state index contributed by atoms with van der Waals surface area (Å²) in [4.78, 5) is 10.8. The number of amides is 1. The molecule has 0 spiro atoms. The first-order valence-electron chi connectivity index (χ1n) is 4.23. The number of carbonyl (C=O) groups excluding carboxylic acids is 1. The summed E-state index contributed by atoms with van der Waals surface area (Å²) in [5.41, 5.74) is 5.12. The first kappa shape index (κ1) is 11.4. The lowest BCUT2D eigenvalue weighted by molar-refractivity contribution is -0.122. The molecule has 0 radical (unpaired) electrons. The number of hydrogen-bond acceptors (Lipinski definition) is 3. The molecule has 0 unspecified atom stereocenters. The van der Waals surface area contributed by atoms with Crippen LogP contribution in [0.2, 0.25) is 0 Å². The fraction of sp³-hybridized carbons (Fsp3) is 0.875. The van der Waals surface area contributed by atoms with Gasteiger partial charge in [0.05, 0.1) is 0 Å². The molecule has 0 aromatic heterocycles. The zero-order chi connectivity index (χ0) is 9.40. The van der Waals surface area contributed by atoms with Crippen LogP contribution in [0.4, 0.5) is 0 Å². The van der Waals surface area contributed by atoms with Crippen LogP contribution in [0.25, 0.3) is 0 Å². The molecule has 0 saturated heterocycles. The first-order chi connectivity index (χ1) is 5.72. The number of primary amides is 1. The van der Waals surface area contributed by atoms with E-state index in [0.29, 0.717) is 25.7 Å². The van der Waals surface area contributed by atoms with Crippen LogP contribution in [0.3, 0.4) is 0 Å². The Labute approximate surface area is 72.4 Å². The van der Waals surface area contributed by atoms with Crippen LogP contribution in [0.15, 0.2) is 0 Å². The standard InChI is InChI=1S/C8H17NO3/c9-8(12)7(3-1-5-10)4-2-6-11/h7,10-11H,1-6H2,(H2,9,12). The molecule has 0 aliphatic rings. The molecule has 72 valence electrons. The summed E-state index contributed by atoms with van der Waals surface area (Å²) in [6, 6.07) is 0. The highest BCUT2D eigenvalue weighted by atomic mass is 16.3. The normalized spacial score (nSPS) is 10.6. The van der Waals surface area contributed by atoms with Gasteiger partial charge in [-0.15, -0.1) is 0 Å². The van der Waals surface area contributed by atoms with Gasteiger partial charge in [-0.05, 0) is 25.7 Å². The fourth-order valence-electron chi connectivity index (χ4n) is 1.10. The molecule has 4 heteroatoms. The molecule has 4 nitrogen and oxygen atoms in total. The maximum atomic E-state index is 10.8. The van der Waals surface area contributed by atoms with E-state index in [1.165, 1.54) is 0 Å². The minimum atomic E-state index is -0.336. The smallest absolute Gasteiger partial charge is 0.220 e. The van der Waals surface area contributed by atoms with E-state index in [1.807, 2.05) is 0 Å². The third-order valence-electron chi connectivity index (χ3n) is 1.82. The fourth-order valence-corrected chi connectivity index (χ4v) is 1.10. The topological polar surface area (TPSA) is 83.6 Å². The predicted octanol–water partition coefficient (Wildman–Crippen LogP) is -0.367. The van der Waals surface area contributed by atoms with E-state index in [-0.39, 0.29) is 25.0 Å². The predicted molar refractivity (Wildman–Crippen MR) is 45.3 cm³/mol. The zero-order valence-corrected chi connectivity index (χ0v) is 7.20. The summed E-state index contributed by atoms with van der Waals surface area (Å²) in [6.45, 7) is 0.172. The van der Waals surface area contributed by atoms with Crippen LogP contribution >= 0.6 is 0 Å². The van der Waals surface area contributed by atoms with Gasteiger partial charge in [0, 0.05) is 19.1 Å². The van der Waals surface area contributed by atoms with Gasteiger partial charge >= 0.3 is 0 Å². The van der Waals surface area contributed by atoms with Crippen molar-refractivity contribution in [1.82, 2.24) is 0 Å². The number of carbonyl (C=O) groups is 1. The lowest BCUT2D eigenvalue weighted by Gasteiger charge is -2.10. The van der Waals surface area contributed by atoms with Gasteiger partial charge in [-0.3, -0.25) is 4.79 Å². The Morgan fingerprint density at radius 2 is 1.58 bits per heavy atom. The van der Waals surface area contributed by atoms with Gasteiger partial charge in [0.25, 0.3) is 0 Å². The maximum absolute atomic E-state index is 10.8. The molecule has 0 aliphatic carbocycles. The first-order valence-corrected chi connectivity index (χ1v) is 4.23. The van der Waals surface area contributed by atoms with Crippen molar-refractivity contribution in [2.75, 3.05) is 13.2 Å². The minimum Gasteiger partial charge on any atom is -0.396 e. The molecule has 0 fully saturated rings. The SMILES string of the molecule is NC(=O)C(CCCO)CCCO. The van der Waals surface area contributed by atoms with Crippen molar-refractivity contribution in [1.29, 1.82) is 0 Å². The lowest BCUT2D eigenvalue weighted by atomic mass is 9.97.